The van der Waals surface area contributed by atoms with Crippen LogP contribution in [0.5, 0.6) is 0 Å². The highest BCUT2D eigenvalue weighted by Crippen LogP contribution is 2.21. The van der Waals surface area contributed by atoms with E-state index in [9.17, 15) is 8.42 Å². The number of nitrogens with zero attached hydrogens (tertiary/aromatic N) is 1. The largest absolute Gasteiger partial charge is 0.383 e. The molecule has 1 fully saturated rings. The summed E-state index contributed by atoms with van der Waals surface area (Å²) in [4.78, 5) is 0. The molecule has 0 aliphatic carbocycles. The van der Waals surface area contributed by atoms with Crippen molar-refractivity contribution in [1.29, 1.82) is 0 Å². The Bertz CT molecular complexity index is 306. The molecule has 0 aromatic heterocycles. The molecule has 17 heavy (non-hydrogen) atoms. The van der Waals surface area contributed by atoms with E-state index in [4.69, 9.17) is 10.5 Å². The van der Waals surface area contributed by atoms with Gasteiger partial charge < -0.3 is 10.5 Å². The van der Waals surface area contributed by atoms with E-state index in [0.717, 1.165) is 25.7 Å². The topological polar surface area (TPSA) is 84.7 Å². The molecule has 0 radical (unpaired) electrons. The van der Waals surface area contributed by atoms with Gasteiger partial charge in [-0.1, -0.05) is 6.42 Å². The van der Waals surface area contributed by atoms with Crippen LogP contribution in [-0.4, -0.2) is 52.1 Å². The number of ether oxygens (including phenoxy) is 1. The van der Waals surface area contributed by atoms with E-state index in [1.54, 1.807) is 11.4 Å². The summed E-state index contributed by atoms with van der Waals surface area (Å²) in [5, 5.41) is 0. The molecule has 0 aromatic carbocycles. The monoisotopic (exact) mass is 265 g/mol. The average Bonchev–Trinajstić information content (AvgIpc) is 2.30. The lowest BCUT2D eigenvalue weighted by Gasteiger charge is -2.34. The van der Waals surface area contributed by atoms with Gasteiger partial charge in [-0.2, -0.15) is 17.4 Å². The maximum absolute atomic E-state index is 12.1. The second-order valence-corrected chi connectivity index (χ2v) is 5.94. The lowest BCUT2D eigenvalue weighted by Crippen LogP contribution is -2.50. The predicted molar refractivity (Wildman–Crippen MR) is 66.8 cm³/mol. The van der Waals surface area contributed by atoms with Gasteiger partial charge in [0, 0.05) is 26.2 Å². The molecular formula is C10H23N3O3S. The first-order valence-corrected chi connectivity index (χ1v) is 7.51. The van der Waals surface area contributed by atoms with Crippen molar-refractivity contribution in [3.63, 3.8) is 0 Å². The molecule has 7 heteroatoms. The second kappa shape index (κ2) is 7.27. The van der Waals surface area contributed by atoms with Crippen LogP contribution in [0.3, 0.4) is 0 Å². The highest BCUT2D eigenvalue weighted by Gasteiger charge is 2.31. The second-order valence-electron chi connectivity index (χ2n) is 4.23. The molecule has 1 unspecified atom stereocenters. The maximum Gasteiger partial charge on any atom is 0.279 e. The van der Waals surface area contributed by atoms with E-state index in [0.29, 0.717) is 26.2 Å². The summed E-state index contributed by atoms with van der Waals surface area (Å²) in [6.45, 7) is 1.81. The van der Waals surface area contributed by atoms with Gasteiger partial charge in [-0.05, 0) is 25.8 Å². The highest BCUT2D eigenvalue weighted by molar-refractivity contribution is 7.87. The third-order valence-electron chi connectivity index (χ3n) is 2.97. The minimum atomic E-state index is -3.38. The molecule has 1 rings (SSSR count). The fourth-order valence-electron chi connectivity index (χ4n) is 2.13. The molecule has 1 aliphatic rings. The molecular weight excluding hydrogens is 242 g/mol. The number of hydrogen-bond acceptors (Lipinski definition) is 4. The van der Waals surface area contributed by atoms with E-state index in [1.165, 1.54) is 0 Å². The van der Waals surface area contributed by atoms with Crippen LogP contribution in [0.2, 0.25) is 0 Å². The van der Waals surface area contributed by atoms with Crippen LogP contribution in [-0.2, 0) is 14.9 Å². The van der Waals surface area contributed by atoms with Crippen molar-refractivity contribution in [2.45, 2.75) is 31.7 Å². The van der Waals surface area contributed by atoms with Crippen LogP contribution >= 0.6 is 0 Å². The summed E-state index contributed by atoms with van der Waals surface area (Å²) < 4.78 is 33.1. The van der Waals surface area contributed by atoms with E-state index in [2.05, 4.69) is 4.72 Å². The van der Waals surface area contributed by atoms with Crippen LogP contribution in [0, 0.1) is 0 Å². The van der Waals surface area contributed by atoms with Crippen molar-refractivity contribution in [3.8, 4) is 0 Å². The Morgan fingerprint density at radius 1 is 1.47 bits per heavy atom. The maximum atomic E-state index is 12.1. The van der Waals surface area contributed by atoms with Crippen molar-refractivity contribution in [3.05, 3.63) is 0 Å². The first-order valence-electron chi connectivity index (χ1n) is 6.07. The SMILES string of the molecule is COCCNS(=O)(=O)N1CCCCC1CCN. The van der Waals surface area contributed by atoms with Gasteiger partial charge in [0.25, 0.3) is 10.2 Å². The van der Waals surface area contributed by atoms with Crippen molar-refractivity contribution >= 4 is 10.2 Å². The molecule has 1 aliphatic heterocycles. The Labute approximate surface area is 104 Å². The molecule has 1 heterocycles. The molecule has 3 N–H and O–H groups in total. The van der Waals surface area contributed by atoms with Gasteiger partial charge >= 0.3 is 0 Å². The molecule has 1 atom stereocenters. The summed E-state index contributed by atoms with van der Waals surface area (Å²) in [6.07, 6.45) is 3.63. The summed E-state index contributed by atoms with van der Waals surface area (Å²) >= 11 is 0. The van der Waals surface area contributed by atoms with Gasteiger partial charge in [-0.25, -0.2) is 0 Å². The first-order chi connectivity index (χ1) is 8.11. The number of nitrogens with one attached hydrogen (secondary N) is 1. The van der Waals surface area contributed by atoms with E-state index >= 15 is 0 Å². The van der Waals surface area contributed by atoms with Gasteiger partial charge in [0.05, 0.1) is 6.61 Å². The summed E-state index contributed by atoms with van der Waals surface area (Å²) in [5.74, 6) is 0. The van der Waals surface area contributed by atoms with Crippen molar-refractivity contribution in [2.75, 3.05) is 33.4 Å². The van der Waals surface area contributed by atoms with Crippen LogP contribution in [0.25, 0.3) is 0 Å². The molecule has 1 saturated heterocycles. The number of hydrogen-bond donors (Lipinski definition) is 2. The lowest BCUT2D eigenvalue weighted by atomic mass is 10.0. The van der Waals surface area contributed by atoms with Crippen molar-refractivity contribution < 1.29 is 13.2 Å². The molecule has 0 aromatic rings. The predicted octanol–water partition coefficient (Wildman–Crippen LogP) is -0.329. The fourth-order valence-corrected chi connectivity index (χ4v) is 3.61. The Kier molecular flexibility index (Phi) is 6.35. The Balaban J connectivity index is 2.59. The Morgan fingerprint density at radius 3 is 2.88 bits per heavy atom. The average molecular weight is 265 g/mol. The minimum Gasteiger partial charge on any atom is -0.383 e. The van der Waals surface area contributed by atoms with Crippen LogP contribution < -0.4 is 10.5 Å². The number of rotatable bonds is 7. The third-order valence-corrected chi connectivity index (χ3v) is 4.64. The zero-order valence-corrected chi connectivity index (χ0v) is 11.2. The Morgan fingerprint density at radius 2 is 2.24 bits per heavy atom. The first kappa shape index (κ1) is 14.8. The van der Waals surface area contributed by atoms with Gasteiger partial charge in [-0.15, -0.1) is 0 Å². The molecule has 102 valence electrons. The van der Waals surface area contributed by atoms with Crippen LogP contribution in [0.1, 0.15) is 25.7 Å². The quantitative estimate of drug-likeness (QED) is 0.617. The summed E-state index contributed by atoms with van der Waals surface area (Å²) in [7, 11) is -1.83. The Hall–Kier alpha value is -0.210. The number of piperidine rings is 1. The van der Waals surface area contributed by atoms with Gasteiger partial charge in [0.1, 0.15) is 0 Å². The van der Waals surface area contributed by atoms with E-state index < -0.39 is 10.2 Å². The third kappa shape index (κ3) is 4.51. The van der Waals surface area contributed by atoms with Crippen molar-refractivity contribution in [1.82, 2.24) is 9.03 Å². The lowest BCUT2D eigenvalue weighted by molar-refractivity contribution is 0.201. The fraction of sp³-hybridized carbons (Fsp3) is 1.00. The van der Waals surface area contributed by atoms with Gasteiger partial charge in [0.2, 0.25) is 0 Å². The zero-order valence-electron chi connectivity index (χ0n) is 10.4. The normalized spacial score (nSPS) is 22.8. The number of methoxy groups -OCH3 is 1. The molecule has 0 spiro atoms. The van der Waals surface area contributed by atoms with Gasteiger partial charge in [-0.3, -0.25) is 0 Å². The van der Waals surface area contributed by atoms with E-state index in [1.807, 2.05) is 0 Å². The van der Waals surface area contributed by atoms with Gasteiger partial charge in [0.15, 0.2) is 0 Å². The summed E-state index contributed by atoms with van der Waals surface area (Å²) in [6, 6.07) is 0.0498. The minimum absolute atomic E-state index is 0.0498. The van der Waals surface area contributed by atoms with Crippen LogP contribution in [0.15, 0.2) is 0 Å². The molecule has 0 bridgehead atoms. The molecule has 6 nitrogen and oxygen atoms in total. The molecule has 0 saturated carbocycles. The highest BCUT2D eigenvalue weighted by atomic mass is 32.2. The van der Waals surface area contributed by atoms with E-state index in [-0.39, 0.29) is 6.04 Å². The number of nitrogens with two attached hydrogens (primary N) is 1. The standard InChI is InChI=1S/C10H23N3O3S/c1-16-9-7-12-17(14,15)13-8-3-2-4-10(13)5-6-11/h10,12H,2-9,11H2,1H3. The molecule has 0 amide bonds. The zero-order chi connectivity index (χ0) is 12.7. The van der Waals surface area contributed by atoms with Crippen molar-refractivity contribution in [2.24, 2.45) is 5.73 Å². The summed E-state index contributed by atoms with van der Waals surface area (Å²) in [5.41, 5.74) is 5.52. The van der Waals surface area contributed by atoms with Crippen LogP contribution in [0.4, 0.5) is 0 Å². The smallest absolute Gasteiger partial charge is 0.279 e.